The van der Waals surface area contributed by atoms with Gasteiger partial charge in [-0.25, -0.2) is 4.79 Å². The predicted octanol–water partition coefficient (Wildman–Crippen LogP) is -0.344. The molecule has 0 fully saturated rings. The van der Waals surface area contributed by atoms with E-state index in [1.54, 1.807) is 12.1 Å². The Kier molecular flexibility index (Phi) is 3.49. The number of esters is 1. The van der Waals surface area contributed by atoms with Crippen molar-refractivity contribution in [1.29, 1.82) is 0 Å². The molecular formula is C10H11BN2O2. The molecule has 0 saturated heterocycles. The number of pyridine rings is 1. The van der Waals surface area contributed by atoms with Crippen molar-refractivity contribution < 1.29 is 9.53 Å². The van der Waals surface area contributed by atoms with Gasteiger partial charge in [0.1, 0.15) is 13.4 Å². The highest BCUT2D eigenvalue weighted by Gasteiger charge is 2.13. The number of hydrogen-bond acceptors (Lipinski definition) is 4. The third-order valence-corrected chi connectivity index (χ3v) is 1.98. The minimum atomic E-state index is -0.534. The van der Waals surface area contributed by atoms with Gasteiger partial charge in [-0.15, -0.1) is 0 Å². The van der Waals surface area contributed by atoms with Gasteiger partial charge < -0.3 is 10.5 Å². The van der Waals surface area contributed by atoms with Crippen molar-refractivity contribution in [2.75, 3.05) is 7.11 Å². The molecule has 0 spiro atoms. The summed E-state index contributed by atoms with van der Waals surface area (Å²) in [5.41, 5.74) is 7.15. The topological polar surface area (TPSA) is 65.2 Å². The Morgan fingerprint density at radius 1 is 1.60 bits per heavy atom. The van der Waals surface area contributed by atoms with Crippen LogP contribution in [0.5, 0.6) is 0 Å². The lowest BCUT2D eigenvalue weighted by Crippen LogP contribution is -2.16. The molecular weight excluding hydrogens is 191 g/mol. The number of aromatic nitrogens is 1. The summed E-state index contributed by atoms with van der Waals surface area (Å²) in [6, 6.07) is 3.44. The third kappa shape index (κ3) is 2.37. The molecule has 2 radical (unpaired) electrons. The molecule has 0 atom stereocenters. The molecule has 1 heterocycles. The molecule has 1 rings (SSSR count). The van der Waals surface area contributed by atoms with Crippen LogP contribution in [0.4, 0.5) is 0 Å². The number of hydrogen-bond donors (Lipinski definition) is 1. The standard InChI is InChI=1S/C10H11BN2O2/c1-6-3-4-8(13-9(6)11)7(5-12)10(14)15-2/h3-5H,12H2,1-2H3/b7-5+. The fourth-order valence-electron chi connectivity index (χ4n) is 1.06. The molecule has 0 aromatic carbocycles. The predicted molar refractivity (Wildman–Crippen MR) is 58.5 cm³/mol. The van der Waals surface area contributed by atoms with E-state index in [0.29, 0.717) is 11.3 Å². The van der Waals surface area contributed by atoms with Crippen LogP contribution in [0.3, 0.4) is 0 Å². The summed E-state index contributed by atoms with van der Waals surface area (Å²) in [5, 5.41) is 0. The minimum absolute atomic E-state index is 0.198. The van der Waals surface area contributed by atoms with Gasteiger partial charge in [-0.3, -0.25) is 4.98 Å². The first-order valence-electron chi connectivity index (χ1n) is 4.34. The highest BCUT2D eigenvalue weighted by molar-refractivity contribution is 6.31. The summed E-state index contributed by atoms with van der Waals surface area (Å²) in [6.07, 6.45) is 1.16. The summed E-state index contributed by atoms with van der Waals surface area (Å²) in [6.45, 7) is 1.83. The third-order valence-electron chi connectivity index (χ3n) is 1.98. The molecule has 5 heteroatoms. The van der Waals surface area contributed by atoms with Crippen LogP contribution in [-0.2, 0) is 9.53 Å². The summed E-state index contributed by atoms with van der Waals surface area (Å²) in [5.74, 6) is -0.534. The maximum atomic E-state index is 11.3. The van der Waals surface area contributed by atoms with Crippen molar-refractivity contribution in [1.82, 2.24) is 4.98 Å². The SMILES string of the molecule is [B]c1nc(/C(=C\N)C(=O)OC)ccc1C. The molecule has 0 aliphatic rings. The highest BCUT2D eigenvalue weighted by atomic mass is 16.5. The summed E-state index contributed by atoms with van der Waals surface area (Å²) in [7, 11) is 6.90. The number of carbonyl (C=O) groups excluding carboxylic acids is 1. The number of nitrogens with two attached hydrogens (primary N) is 1. The average Bonchev–Trinajstić information content (AvgIpc) is 2.24. The van der Waals surface area contributed by atoms with E-state index in [9.17, 15) is 4.79 Å². The zero-order chi connectivity index (χ0) is 11.4. The van der Waals surface area contributed by atoms with E-state index in [2.05, 4.69) is 9.72 Å². The van der Waals surface area contributed by atoms with Gasteiger partial charge in [0, 0.05) is 6.20 Å². The molecule has 1 aromatic rings. The molecule has 0 unspecified atom stereocenters. The van der Waals surface area contributed by atoms with Crippen LogP contribution in [-0.4, -0.2) is 25.9 Å². The first kappa shape index (κ1) is 11.3. The van der Waals surface area contributed by atoms with Crippen LogP contribution in [0.2, 0.25) is 0 Å². The Balaban J connectivity index is 3.15. The fourth-order valence-corrected chi connectivity index (χ4v) is 1.06. The van der Waals surface area contributed by atoms with Gasteiger partial charge in [0.25, 0.3) is 0 Å². The molecule has 0 bridgehead atoms. The zero-order valence-electron chi connectivity index (χ0n) is 8.65. The normalized spacial score (nSPS) is 11.2. The number of methoxy groups -OCH3 is 1. The second-order valence-electron chi connectivity index (χ2n) is 2.97. The number of nitrogens with zero attached hydrogens (tertiary/aromatic N) is 1. The van der Waals surface area contributed by atoms with Crippen LogP contribution in [0.25, 0.3) is 5.57 Å². The van der Waals surface area contributed by atoms with Crippen molar-refractivity contribution in [2.45, 2.75) is 6.92 Å². The Morgan fingerprint density at radius 3 is 2.73 bits per heavy atom. The van der Waals surface area contributed by atoms with Gasteiger partial charge in [-0.2, -0.15) is 0 Å². The van der Waals surface area contributed by atoms with Crippen molar-refractivity contribution in [2.24, 2.45) is 5.73 Å². The lowest BCUT2D eigenvalue weighted by atomic mass is 9.97. The van der Waals surface area contributed by atoms with E-state index in [-0.39, 0.29) is 5.57 Å². The Bertz CT molecular complexity index is 416. The smallest absolute Gasteiger partial charge is 0.341 e. The Hall–Kier alpha value is -1.78. The average molecular weight is 202 g/mol. The molecule has 4 nitrogen and oxygen atoms in total. The lowest BCUT2D eigenvalue weighted by molar-refractivity contribution is -0.133. The summed E-state index contributed by atoms with van der Waals surface area (Å²) >= 11 is 0. The fraction of sp³-hybridized carbons (Fsp3) is 0.200. The van der Waals surface area contributed by atoms with Crippen molar-refractivity contribution in [3.05, 3.63) is 29.6 Å². The number of carbonyl (C=O) groups is 1. The van der Waals surface area contributed by atoms with Crippen molar-refractivity contribution in [3.8, 4) is 0 Å². The molecule has 76 valence electrons. The van der Waals surface area contributed by atoms with E-state index < -0.39 is 5.97 Å². The second kappa shape index (κ2) is 4.64. The first-order valence-corrected chi connectivity index (χ1v) is 4.34. The van der Waals surface area contributed by atoms with E-state index >= 15 is 0 Å². The maximum Gasteiger partial charge on any atom is 0.341 e. The van der Waals surface area contributed by atoms with Gasteiger partial charge in [-0.1, -0.05) is 6.07 Å². The summed E-state index contributed by atoms with van der Waals surface area (Å²) in [4.78, 5) is 15.3. The van der Waals surface area contributed by atoms with Crippen molar-refractivity contribution >= 4 is 25.0 Å². The van der Waals surface area contributed by atoms with Crippen LogP contribution in [0.1, 0.15) is 11.3 Å². The minimum Gasteiger partial charge on any atom is -0.465 e. The Labute approximate surface area is 89.6 Å². The number of aryl methyl sites for hydroxylation is 1. The van der Waals surface area contributed by atoms with Crippen LogP contribution in [0, 0.1) is 6.92 Å². The Morgan fingerprint density at radius 2 is 2.27 bits per heavy atom. The first-order chi connectivity index (χ1) is 7.10. The highest BCUT2D eigenvalue weighted by Crippen LogP contribution is 2.11. The number of rotatable bonds is 2. The molecule has 2 N–H and O–H groups in total. The lowest BCUT2D eigenvalue weighted by Gasteiger charge is -2.06. The van der Waals surface area contributed by atoms with E-state index in [0.717, 1.165) is 11.8 Å². The van der Waals surface area contributed by atoms with Gasteiger partial charge in [0.2, 0.25) is 0 Å². The van der Waals surface area contributed by atoms with Crippen LogP contribution >= 0.6 is 0 Å². The van der Waals surface area contributed by atoms with E-state index in [1.165, 1.54) is 7.11 Å². The largest absolute Gasteiger partial charge is 0.465 e. The zero-order valence-corrected chi connectivity index (χ0v) is 8.65. The molecule has 15 heavy (non-hydrogen) atoms. The monoisotopic (exact) mass is 202 g/mol. The quantitative estimate of drug-likeness (QED) is 0.404. The molecule has 0 aliphatic carbocycles. The van der Waals surface area contributed by atoms with Gasteiger partial charge in [-0.05, 0) is 24.1 Å². The molecule has 0 aliphatic heterocycles. The van der Waals surface area contributed by atoms with Crippen molar-refractivity contribution in [3.63, 3.8) is 0 Å². The second-order valence-corrected chi connectivity index (χ2v) is 2.97. The van der Waals surface area contributed by atoms with Gasteiger partial charge >= 0.3 is 5.97 Å². The number of ether oxygens (including phenoxy) is 1. The molecule has 0 saturated carbocycles. The van der Waals surface area contributed by atoms with Gasteiger partial charge in [0.05, 0.1) is 12.8 Å². The van der Waals surface area contributed by atoms with Gasteiger partial charge in [0.15, 0.2) is 0 Å². The van der Waals surface area contributed by atoms with Crippen LogP contribution < -0.4 is 11.3 Å². The van der Waals surface area contributed by atoms with E-state index in [1.807, 2.05) is 6.92 Å². The summed E-state index contributed by atoms with van der Waals surface area (Å²) < 4.78 is 4.56. The molecule has 0 amide bonds. The molecule has 1 aromatic heterocycles. The maximum absolute atomic E-state index is 11.3. The van der Waals surface area contributed by atoms with E-state index in [4.69, 9.17) is 13.6 Å². The van der Waals surface area contributed by atoms with Crippen LogP contribution in [0.15, 0.2) is 18.3 Å².